The Bertz CT molecular complexity index is 494. The Labute approximate surface area is 101 Å². The van der Waals surface area contributed by atoms with E-state index in [-0.39, 0.29) is 11.9 Å². The highest BCUT2D eigenvalue weighted by Gasteiger charge is 2.10. The maximum Gasteiger partial charge on any atom is 0.126 e. The lowest BCUT2D eigenvalue weighted by molar-refractivity contribution is 0.592. The molecule has 0 saturated heterocycles. The standard InChI is InChI=1S/C15H16FN/c1-11-7-8-14(16)13(9-11)10-15(17)12-5-3-2-4-6-12/h2-9,15H,10,17H2,1H3. The lowest BCUT2D eigenvalue weighted by atomic mass is 9.98. The van der Waals surface area contributed by atoms with Gasteiger partial charge >= 0.3 is 0 Å². The molecule has 0 fully saturated rings. The summed E-state index contributed by atoms with van der Waals surface area (Å²) in [4.78, 5) is 0. The van der Waals surface area contributed by atoms with Crippen LogP contribution in [0.2, 0.25) is 0 Å². The monoisotopic (exact) mass is 229 g/mol. The first-order valence-corrected chi connectivity index (χ1v) is 5.72. The summed E-state index contributed by atoms with van der Waals surface area (Å²) in [6.07, 6.45) is 0.525. The zero-order valence-corrected chi connectivity index (χ0v) is 9.86. The third-order valence-corrected chi connectivity index (χ3v) is 2.87. The van der Waals surface area contributed by atoms with Crippen LogP contribution in [0.3, 0.4) is 0 Å². The second-order valence-electron chi connectivity index (χ2n) is 4.32. The fourth-order valence-electron chi connectivity index (χ4n) is 1.91. The van der Waals surface area contributed by atoms with Crippen LogP contribution < -0.4 is 5.73 Å². The summed E-state index contributed by atoms with van der Waals surface area (Å²) < 4.78 is 13.6. The third-order valence-electron chi connectivity index (χ3n) is 2.87. The molecule has 0 bridgehead atoms. The number of halogens is 1. The van der Waals surface area contributed by atoms with Crippen LogP contribution >= 0.6 is 0 Å². The van der Waals surface area contributed by atoms with Crippen LogP contribution in [0.4, 0.5) is 4.39 Å². The SMILES string of the molecule is Cc1ccc(F)c(CC(N)c2ccccc2)c1. The molecule has 2 aromatic rings. The van der Waals surface area contributed by atoms with Crippen molar-refractivity contribution in [2.24, 2.45) is 5.73 Å². The topological polar surface area (TPSA) is 26.0 Å². The number of benzene rings is 2. The van der Waals surface area contributed by atoms with E-state index >= 15 is 0 Å². The average molecular weight is 229 g/mol. The largest absolute Gasteiger partial charge is 0.324 e. The molecule has 0 aromatic heterocycles. The van der Waals surface area contributed by atoms with Crippen LogP contribution in [0, 0.1) is 12.7 Å². The highest BCUT2D eigenvalue weighted by Crippen LogP contribution is 2.18. The van der Waals surface area contributed by atoms with Crippen molar-refractivity contribution in [3.8, 4) is 0 Å². The Morgan fingerprint density at radius 2 is 1.82 bits per heavy atom. The van der Waals surface area contributed by atoms with Gasteiger partial charge in [0, 0.05) is 6.04 Å². The summed E-state index contributed by atoms with van der Waals surface area (Å²) in [6.45, 7) is 1.96. The van der Waals surface area contributed by atoms with Gasteiger partial charge in [-0.05, 0) is 30.5 Å². The maximum absolute atomic E-state index is 13.6. The molecule has 0 heterocycles. The third kappa shape index (κ3) is 2.92. The second-order valence-corrected chi connectivity index (χ2v) is 4.32. The Kier molecular flexibility index (Phi) is 3.55. The predicted molar refractivity (Wildman–Crippen MR) is 68.2 cm³/mol. The number of aryl methyl sites for hydroxylation is 1. The van der Waals surface area contributed by atoms with Gasteiger partial charge in [0.25, 0.3) is 0 Å². The molecule has 0 aliphatic carbocycles. The minimum absolute atomic E-state index is 0.160. The molecule has 0 spiro atoms. The Hall–Kier alpha value is -1.67. The molecular formula is C15H16FN. The molecule has 1 atom stereocenters. The first kappa shape index (κ1) is 11.8. The molecule has 2 heteroatoms. The van der Waals surface area contributed by atoms with Crippen LogP contribution in [0.25, 0.3) is 0 Å². The fourth-order valence-corrected chi connectivity index (χ4v) is 1.91. The molecule has 88 valence electrons. The zero-order valence-electron chi connectivity index (χ0n) is 9.86. The molecule has 1 unspecified atom stereocenters. The highest BCUT2D eigenvalue weighted by molar-refractivity contribution is 5.27. The lowest BCUT2D eigenvalue weighted by Crippen LogP contribution is -2.14. The van der Waals surface area contributed by atoms with Gasteiger partial charge in [0.1, 0.15) is 5.82 Å². The van der Waals surface area contributed by atoms with E-state index in [1.54, 1.807) is 6.07 Å². The van der Waals surface area contributed by atoms with Gasteiger partial charge in [-0.3, -0.25) is 0 Å². The minimum Gasteiger partial charge on any atom is -0.324 e. The quantitative estimate of drug-likeness (QED) is 0.858. The van der Waals surface area contributed by atoms with E-state index in [1.807, 2.05) is 43.3 Å². The number of hydrogen-bond acceptors (Lipinski definition) is 1. The maximum atomic E-state index is 13.6. The van der Waals surface area contributed by atoms with Crippen molar-refractivity contribution in [1.82, 2.24) is 0 Å². The number of hydrogen-bond donors (Lipinski definition) is 1. The summed E-state index contributed by atoms with van der Waals surface area (Å²) in [5.41, 5.74) is 8.85. The predicted octanol–water partition coefficient (Wildman–Crippen LogP) is 3.38. The minimum atomic E-state index is -0.179. The van der Waals surface area contributed by atoms with Crippen LogP contribution in [-0.2, 0) is 6.42 Å². The van der Waals surface area contributed by atoms with Crippen molar-refractivity contribution in [1.29, 1.82) is 0 Å². The van der Waals surface area contributed by atoms with E-state index in [4.69, 9.17) is 5.73 Å². The molecular weight excluding hydrogens is 213 g/mol. The van der Waals surface area contributed by atoms with Crippen LogP contribution in [0.1, 0.15) is 22.7 Å². The van der Waals surface area contributed by atoms with E-state index < -0.39 is 0 Å². The summed E-state index contributed by atoms with van der Waals surface area (Å²) in [6, 6.07) is 14.8. The molecule has 0 aliphatic heterocycles. The van der Waals surface area contributed by atoms with E-state index in [1.165, 1.54) is 6.07 Å². The molecule has 2 rings (SSSR count). The van der Waals surface area contributed by atoms with Gasteiger partial charge in [-0.15, -0.1) is 0 Å². The normalized spacial score (nSPS) is 12.4. The Morgan fingerprint density at radius 1 is 1.12 bits per heavy atom. The summed E-state index contributed by atoms with van der Waals surface area (Å²) in [5.74, 6) is -0.179. The summed E-state index contributed by atoms with van der Waals surface area (Å²) in [7, 11) is 0. The molecule has 0 saturated carbocycles. The zero-order chi connectivity index (χ0) is 12.3. The van der Waals surface area contributed by atoms with Crippen LogP contribution in [-0.4, -0.2) is 0 Å². The van der Waals surface area contributed by atoms with Gasteiger partial charge in [-0.1, -0.05) is 48.0 Å². The summed E-state index contributed by atoms with van der Waals surface area (Å²) in [5, 5.41) is 0. The van der Waals surface area contributed by atoms with Gasteiger partial charge in [0.05, 0.1) is 0 Å². The van der Waals surface area contributed by atoms with Crippen molar-refractivity contribution in [3.63, 3.8) is 0 Å². The van der Waals surface area contributed by atoms with E-state index in [0.29, 0.717) is 12.0 Å². The number of rotatable bonds is 3. The first-order valence-electron chi connectivity index (χ1n) is 5.72. The average Bonchev–Trinajstić information content (AvgIpc) is 2.35. The van der Waals surface area contributed by atoms with Gasteiger partial charge in [0.2, 0.25) is 0 Å². The fraction of sp³-hybridized carbons (Fsp3) is 0.200. The highest BCUT2D eigenvalue weighted by atomic mass is 19.1. The van der Waals surface area contributed by atoms with Crippen LogP contribution in [0.5, 0.6) is 0 Å². The van der Waals surface area contributed by atoms with Crippen LogP contribution in [0.15, 0.2) is 48.5 Å². The lowest BCUT2D eigenvalue weighted by Gasteiger charge is -2.13. The Morgan fingerprint density at radius 3 is 2.53 bits per heavy atom. The smallest absolute Gasteiger partial charge is 0.126 e. The van der Waals surface area contributed by atoms with Crippen molar-refractivity contribution in [3.05, 3.63) is 71.0 Å². The molecule has 0 radical (unpaired) electrons. The summed E-state index contributed by atoms with van der Waals surface area (Å²) >= 11 is 0. The van der Waals surface area contributed by atoms with Gasteiger partial charge in [-0.25, -0.2) is 4.39 Å². The van der Waals surface area contributed by atoms with E-state index in [2.05, 4.69) is 0 Å². The molecule has 0 aliphatic rings. The van der Waals surface area contributed by atoms with E-state index in [9.17, 15) is 4.39 Å². The van der Waals surface area contributed by atoms with E-state index in [0.717, 1.165) is 11.1 Å². The van der Waals surface area contributed by atoms with Crippen molar-refractivity contribution in [2.45, 2.75) is 19.4 Å². The molecule has 17 heavy (non-hydrogen) atoms. The second kappa shape index (κ2) is 5.11. The molecule has 2 aromatic carbocycles. The van der Waals surface area contributed by atoms with Crippen molar-refractivity contribution >= 4 is 0 Å². The van der Waals surface area contributed by atoms with Crippen molar-refractivity contribution in [2.75, 3.05) is 0 Å². The first-order chi connectivity index (χ1) is 8.16. The Balaban J connectivity index is 2.18. The van der Waals surface area contributed by atoms with Gasteiger partial charge < -0.3 is 5.73 Å². The molecule has 2 N–H and O–H groups in total. The molecule has 0 amide bonds. The van der Waals surface area contributed by atoms with Gasteiger partial charge in [0.15, 0.2) is 0 Å². The number of nitrogens with two attached hydrogens (primary N) is 1. The van der Waals surface area contributed by atoms with Gasteiger partial charge in [-0.2, -0.15) is 0 Å². The molecule has 1 nitrogen and oxygen atoms in total. The van der Waals surface area contributed by atoms with Crippen molar-refractivity contribution < 1.29 is 4.39 Å².